The molecule has 0 bridgehead atoms. The van der Waals surface area contributed by atoms with Crippen LogP contribution in [0.2, 0.25) is 0 Å². The number of hydrogen-bond donors (Lipinski definition) is 1. The first-order chi connectivity index (χ1) is 14.8. The van der Waals surface area contributed by atoms with Gasteiger partial charge in [-0.2, -0.15) is 0 Å². The van der Waals surface area contributed by atoms with Crippen LogP contribution in [0.15, 0.2) is 36.4 Å². The van der Waals surface area contributed by atoms with Gasteiger partial charge in [0.05, 0.1) is 24.4 Å². The van der Waals surface area contributed by atoms with E-state index in [1.165, 1.54) is 41.1 Å². The minimum Gasteiger partial charge on any atom is -0.378 e. The summed E-state index contributed by atoms with van der Waals surface area (Å²) < 4.78 is 34.4. The molecule has 2 heterocycles. The van der Waals surface area contributed by atoms with E-state index in [2.05, 4.69) is 10.2 Å². The first-order valence-corrected chi connectivity index (χ1v) is 9.70. The molecule has 2 aromatic carbocycles. The average Bonchev–Trinajstić information content (AvgIpc) is 3.31. The largest absolute Gasteiger partial charge is 0.378 e. The summed E-state index contributed by atoms with van der Waals surface area (Å²) in [6, 6.07) is 7.72. The molecule has 4 rings (SSSR count). The molecular formula is C21H16F2N4O3S. The summed E-state index contributed by atoms with van der Waals surface area (Å²) in [5.41, 5.74) is -1.10. The number of ether oxygens (including phenoxy) is 1. The highest BCUT2D eigenvalue weighted by atomic mass is 32.1. The highest BCUT2D eigenvalue weighted by Gasteiger charge is 2.58. The van der Waals surface area contributed by atoms with Crippen LogP contribution in [0, 0.1) is 18.2 Å². The van der Waals surface area contributed by atoms with E-state index < -0.39 is 29.0 Å². The Morgan fingerprint density at radius 1 is 1.23 bits per heavy atom. The van der Waals surface area contributed by atoms with Crippen LogP contribution in [0.25, 0.3) is 4.85 Å². The Morgan fingerprint density at radius 3 is 2.52 bits per heavy atom. The molecule has 2 aliphatic heterocycles. The Bertz CT molecular complexity index is 1160. The molecule has 0 radical (unpaired) electrons. The van der Waals surface area contributed by atoms with Crippen molar-refractivity contribution in [3.63, 3.8) is 0 Å². The van der Waals surface area contributed by atoms with E-state index >= 15 is 0 Å². The van der Waals surface area contributed by atoms with Crippen LogP contribution >= 0.6 is 12.2 Å². The van der Waals surface area contributed by atoms with Gasteiger partial charge in [0.15, 0.2) is 10.7 Å². The molecule has 1 N–H and O–H groups in total. The van der Waals surface area contributed by atoms with Gasteiger partial charge in [0, 0.05) is 25.8 Å². The second kappa shape index (κ2) is 7.68. The van der Waals surface area contributed by atoms with Crippen molar-refractivity contribution in [1.29, 1.82) is 0 Å². The van der Waals surface area contributed by atoms with Crippen LogP contribution in [-0.2, 0) is 9.53 Å². The van der Waals surface area contributed by atoms with E-state index in [1.54, 1.807) is 0 Å². The van der Waals surface area contributed by atoms with Crippen molar-refractivity contribution in [3.05, 3.63) is 65.0 Å². The van der Waals surface area contributed by atoms with Gasteiger partial charge >= 0.3 is 0 Å². The number of halogens is 2. The van der Waals surface area contributed by atoms with Crippen molar-refractivity contribution in [2.45, 2.75) is 12.0 Å². The van der Waals surface area contributed by atoms with Crippen LogP contribution in [0.1, 0.15) is 16.8 Å². The molecule has 158 valence electrons. The lowest BCUT2D eigenvalue weighted by Crippen LogP contribution is -2.50. The number of benzene rings is 2. The summed E-state index contributed by atoms with van der Waals surface area (Å²) >= 11 is 5.56. The lowest BCUT2D eigenvalue weighted by molar-refractivity contribution is -0.121. The second-order valence-corrected chi connectivity index (χ2v) is 7.45. The Kier molecular flexibility index (Phi) is 5.16. The van der Waals surface area contributed by atoms with Crippen molar-refractivity contribution in [1.82, 2.24) is 5.32 Å². The van der Waals surface area contributed by atoms with E-state index in [1.807, 2.05) is 0 Å². The number of carbonyl (C=O) groups excluding carboxylic acids is 2. The van der Waals surface area contributed by atoms with Gasteiger partial charge in [-0.3, -0.25) is 14.5 Å². The van der Waals surface area contributed by atoms with Crippen molar-refractivity contribution in [2.24, 2.45) is 0 Å². The number of hydrogen-bond acceptors (Lipinski definition) is 4. The van der Waals surface area contributed by atoms with E-state index in [9.17, 15) is 18.4 Å². The van der Waals surface area contributed by atoms with Crippen molar-refractivity contribution >= 4 is 46.2 Å². The number of carbonyl (C=O) groups is 2. The number of nitrogens with zero attached hydrogens (tertiary/aromatic N) is 3. The zero-order valence-corrected chi connectivity index (χ0v) is 17.1. The smallest absolute Gasteiger partial charge is 0.262 e. The van der Waals surface area contributed by atoms with Gasteiger partial charge in [0.25, 0.3) is 11.8 Å². The standard InChI is InChI=1S/C21H16F2N4O3S/c1-24-17-6-4-12(9-16(17)23)26-19(29)21(7-8-30-11-21)27(20(26)31)13-3-5-14(15(22)10-13)18(28)25-2/h3-6,9-10H,7-8,11H2,2H3,(H,25,28). The molecule has 0 aromatic heterocycles. The minimum absolute atomic E-state index is 0.0178. The molecule has 1 atom stereocenters. The van der Waals surface area contributed by atoms with Gasteiger partial charge in [-0.25, -0.2) is 13.6 Å². The number of nitrogens with one attached hydrogen (secondary N) is 1. The summed E-state index contributed by atoms with van der Waals surface area (Å²) in [5, 5.41) is 2.39. The van der Waals surface area contributed by atoms with Gasteiger partial charge < -0.3 is 15.0 Å². The van der Waals surface area contributed by atoms with Crippen LogP contribution in [0.4, 0.5) is 25.8 Å². The maximum atomic E-state index is 14.7. The Labute approximate surface area is 182 Å². The molecule has 1 unspecified atom stereocenters. The lowest BCUT2D eigenvalue weighted by atomic mass is 9.95. The summed E-state index contributed by atoms with van der Waals surface area (Å²) in [4.78, 5) is 31.0. The zero-order valence-electron chi connectivity index (χ0n) is 16.3. The first kappa shape index (κ1) is 20.8. The van der Waals surface area contributed by atoms with Crippen molar-refractivity contribution in [3.8, 4) is 0 Å². The number of rotatable bonds is 3. The minimum atomic E-state index is -1.22. The third-order valence-electron chi connectivity index (χ3n) is 5.41. The van der Waals surface area contributed by atoms with E-state index in [0.717, 1.165) is 12.1 Å². The maximum Gasteiger partial charge on any atom is 0.262 e. The molecule has 2 aliphatic rings. The molecule has 0 saturated carbocycles. The molecule has 7 nitrogen and oxygen atoms in total. The summed E-state index contributed by atoms with van der Waals surface area (Å²) in [6.45, 7) is 7.30. The third-order valence-corrected chi connectivity index (χ3v) is 5.77. The molecule has 2 saturated heterocycles. The van der Waals surface area contributed by atoms with E-state index in [0.29, 0.717) is 13.0 Å². The van der Waals surface area contributed by atoms with Gasteiger partial charge in [-0.05, 0) is 42.5 Å². The molecule has 31 heavy (non-hydrogen) atoms. The van der Waals surface area contributed by atoms with Crippen LogP contribution in [0.3, 0.4) is 0 Å². The number of thiocarbonyl (C=S) groups is 1. The van der Waals surface area contributed by atoms with Crippen molar-refractivity contribution < 1.29 is 23.1 Å². The van der Waals surface area contributed by atoms with Crippen LogP contribution in [-0.4, -0.2) is 42.7 Å². The Morgan fingerprint density at radius 2 is 1.94 bits per heavy atom. The quantitative estimate of drug-likeness (QED) is 0.584. The molecule has 2 aromatic rings. The van der Waals surface area contributed by atoms with E-state index in [-0.39, 0.29) is 34.3 Å². The van der Waals surface area contributed by atoms with Gasteiger partial charge in [-0.15, -0.1) is 0 Å². The number of amides is 2. The summed E-state index contributed by atoms with van der Waals surface area (Å²) in [5.74, 6) is -2.56. The Hall–Kier alpha value is -3.42. The summed E-state index contributed by atoms with van der Waals surface area (Å²) in [7, 11) is 1.39. The fourth-order valence-corrected chi connectivity index (χ4v) is 4.31. The SMILES string of the molecule is [C-]#[N+]c1ccc(N2C(=O)C3(CCOC3)N(c3ccc(C(=O)NC)c(F)c3)C2=S)cc1F. The topological polar surface area (TPSA) is 66.2 Å². The zero-order chi connectivity index (χ0) is 22.3. The molecule has 2 amide bonds. The third kappa shape index (κ3) is 3.13. The predicted molar refractivity (Wildman–Crippen MR) is 113 cm³/mol. The fraction of sp³-hybridized carbons (Fsp3) is 0.238. The Balaban J connectivity index is 1.81. The molecule has 0 aliphatic carbocycles. The first-order valence-electron chi connectivity index (χ1n) is 9.29. The van der Waals surface area contributed by atoms with Crippen LogP contribution in [0.5, 0.6) is 0 Å². The molecule has 10 heteroatoms. The summed E-state index contributed by atoms with van der Waals surface area (Å²) in [6.07, 6.45) is 0.296. The highest BCUT2D eigenvalue weighted by Crippen LogP contribution is 2.42. The normalized spacial score (nSPS) is 20.5. The molecule has 2 fully saturated rings. The molecular weight excluding hydrogens is 426 g/mol. The monoisotopic (exact) mass is 442 g/mol. The average molecular weight is 442 g/mol. The maximum absolute atomic E-state index is 14.7. The molecule has 1 spiro atoms. The fourth-order valence-electron chi connectivity index (χ4n) is 3.85. The van der Waals surface area contributed by atoms with E-state index in [4.69, 9.17) is 23.5 Å². The van der Waals surface area contributed by atoms with Crippen molar-refractivity contribution in [2.75, 3.05) is 30.1 Å². The highest BCUT2D eigenvalue weighted by molar-refractivity contribution is 7.81. The van der Waals surface area contributed by atoms with Gasteiger partial charge in [-0.1, -0.05) is 6.07 Å². The second-order valence-electron chi connectivity index (χ2n) is 7.08. The van der Waals surface area contributed by atoms with Crippen LogP contribution < -0.4 is 15.1 Å². The number of anilines is 2. The lowest BCUT2D eigenvalue weighted by Gasteiger charge is -2.31. The van der Waals surface area contributed by atoms with Gasteiger partial charge in [0.1, 0.15) is 11.6 Å². The van der Waals surface area contributed by atoms with Gasteiger partial charge in [0.2, 0.25) is 5.69 Å². The predicted octanol–water partition coefficient (Wildman–Crippen LogP) is 3.17.